The molecule has 7 nitrogen and oxygen atoms in total. The molecule has 1 heterocycles. The van der Waals surface area contributed by atoms with Crippen LogP contribution < -0.4 is 0 Å². The summed E-state index contributed by atoms with van der Waals surface area (Å²) >= 11 is 0. The Hall–Kier alpha value is -2.57. The van der Waals surface area contributed by atoms with Crippen molar-refractivity contribution in [3.63, 3.8) is 0 Å². The van der Waals surface area contributed by atoms with Gasteiger partial charge in [-0.15, -0.1) is 0 Å². The number of esters is 1. The zero-order valence-electron chi connectivity index (χ0n) is 12.6. The lowest BCUT2D eigenvalue weighted by Crippen LogP contribution is -2.29. The lowest BCUT2D eigenvalue weighted by molar-refractivity contribution is -0.385. The molecule has 1 aliphatic heterocycles. The number of carbonyl (C=O) groups excluding carboxylic acids is 1. The molecule has 2 rings (SSSR count). The van der Waals surface area contributed by atoms with Gasteiger partial charge in [-0.25, -0.2) is 4.79 Å². The number of nitrogens with zero attached hydrogens (tertiary/aromatic N) is 1. The van der Waals surface area contributed by atoms with Gasteiger partial charge in [0.15, 0.2) is 5.76 Å². The number of rotatable bonds is 5. The van der Waals surface area contributed by atoms with Crippen LogP contribution in [-0.4, -0.2) is 23.8 Å². The van der Waals surface area contributed by atoms with Gasteiger partial charge in [0.05, 0.1) is 17.6 Å². The number of nitro benzene ring substituents is 1. The summed E-state index contributed by atoms with van der Waals surface area (Å²) in [5.41, 5.74) is 0.0298. The maximum atomic E-state index is 11.9. The van der Waals surface area contributed by atoms with Crippen LogP contribution in [0.5, 0.6) is 0 Å². The van der Waals surface area contributed by atoms with E-state index in [9.17, 15) is 14.9 Å². The van der Waals surface area contributed by atoms with Crippen molar-refractivity contribution in [2.45, 2.75) is 32.5 Å². The average Bonchev–Trinajstić information content (AvgIpc) is 2.94. The van der Waals surface area contributed by atoms with Crippen LogP contribution in [0.15, 0.2) is 30.0 Å². The van der Waals surface area contributed by atoms with Crippen molar-refractivity contribution in [1.82, 2.24) is 0 Å². The standard InChI is InChI=1S/C15H17NO6/c1-4-15(5-2)21-12(13(22-15)14(17)20-3)10-8-6-7-9-11(10)16(18)19/h6-9H,4-5H2,1-3H3. The third-order valence-corrected chi connectivity index (χ3v) is 3.58. The van der Waals surface area contributed by atoms with Gasteiger partial charge in [-0.3, -0.25) is 10.1 Å². The van der Waals surface area contributed by atoms with Crippen LogP contribution in [-0.2, 0) is 19.0 Å². The van der Waals surface area contributed by atoms with Crippen molar-refractivity contribution in [3.8, 4) is 0 Å². The Morgan fingerprint density at radius 2 is 1.91 bits per heavy atom. The highest BCUT2D eigenvalue weighted by Gasteiger charge is 2.45. The second kappa shape index (κ2) is 6.05. The molecule has 7 heteroatoms. The molecular weight excluding hydrogens is 290 g/mol. The first kappa shape index (κ1) is 15.8. The topological polar surface area (TPSA) is 87.9 Å². The minimum absolute atomic E-state index is 0.0443. The summed E-state index contributed by atoms with van der Waals surface area (Å²) in [7, 11) is 1.22. The molecule has 0 aromatic heterocycles. The highest BCUT2D eigenvalue weighted by Crippen LogP contribution is 2.43. The summed E-state index contributed by atoms with van der Waals surface area (Å²) in [6, 6.07) is 6.04. The molecular formula is C15H17NO6. The van der Waals surface area contributed by atoms with Gasteiger partial charge >= 0.3 is 5.97 Å². The van der Waals surface area contributed by atoms with Crippen molar-refractivity contribution in [3.05, 3.63) is 45.7 Å². The van der Waals surface area contributed by atoms with E-state index < -0.39 is 16.7 Å². The van der Waals surface area contributed by atoms with E-state index in [0.717, 1.165) is 0 Å². The van der Waals surface area contributed by atoms with Crippen LogP contribution >= 0.6 is 0 Å². The Kier molecular flexibility index (Phi) is 4.35. The number of para-hydroxylation sites is 1. The molecule has 0 bridgehead atoms. The molecule has 0 N–H and O–H groups in total. The molecule has 1 aromatic carbocycles. The largest absolute Gasteiger partial charge is 0.463 e. The van der Waals surface area contributed by atoms with Crippen LogP contribution in [0.25, 0.3) is 5.76 Å². The average molecular weight is 307 g/mol. The van der Waals surface area contributed by atoms with E-state index >= 15 is 0 Å². The molecule has 1 aromatic rings. The molecule has 0 radical (unpaired) electrons. The Morgan fingerprint density at radius 1 is 1.27 bits per heavy atom. The second-order valence-corrected chi connectivity index (χ2v) is 4.75. The van der Waals surface area contributed by atoms with E-state index in [1.165, 1.54) is 19.2 Å². The minimum atomic E-state index is -1.01. The zero-order valence-corrected chi connectivity index (χ0v) is 12.6. The van der Waals surface area contributed by atoms with Crippen molar-refractivity contribution in [2.24, 2.45) is 0 Å². The summed E-state index contributed by atoms with van der Waals surface area (Å²) in [5, 5.41) is 11.2. The van der Waals surface area contributed by atoms with Crippen LogP contribution in [0.2, 0.25) is 0 Å². The summed E-state index contributed by atoms with van der Waals surface area (Å²) in [5.74, 6) is -1.83. The fourth-order valence-electron chi connectivity index (χ4n) is 2.25. The Labute approximate surface area is 127 Å². The molecule has 22 heavy (non-hydrogen) atoms. The lowest BCUT2D eigenvalue weighted by atomic mass is 10.1. The quantitative estimate of drug-likeness (QED) is 0.472. The summed E-state index contributed by atoms with van der Waals surface area (Å²) in [6.07, 6.45) is 0.961. The third-order valence-electron chi connectivity index (χ3n) is 3.58. The van der Waals surface area contributed by atoms with E-state index in [1.807, 2.05) is 13.8 Å². The fourth-order valence-corrected chi connectivity index (χ4v) is 2.25. The first-order chi connectivity index (χ1) is 10.5. The molecule has 0 spiro atoms. The number of carbonyl (C=O) groups is 1. The molecule has 0 fully saturated rings. The number of hydrogen-bond donors (Lipinski definition) is 0. The molecule has 0 saturated carbocycles. The van der Waals surface area contributed by atoms with Crippen molar-refractivity contribution < 1.29 is 23.9 Å². The molecule has 0 atom stereocenters. The van der Waals surface area contributed by atoms with E-state index in [0.29, 0.717) is 12.8 Å². The van der Waals surface area contributed by atoms with E-state index in [2.05, 4.69) is 0 Å². The number of hydrogen-bond acceptors (Lipinski definition) is 6. The number of benzene rings is 1. The van der Waals surface area contributed by atoms with Crippen molar-refractivity contribution >= 4 is 17.4 Å². The normalized spacial score (nSPS) is 16.0. The van der Waals surface area contributed by atoms with Gasteiger partial charge in [0, 0.05) is 18.9 Å². The van der Waals surface area contributed by atoms with Gasteiger partial charge in [-0.2, -0.15) is 0 Å². The number of nitro groups is 1. The maximum Gasteiger partial charge on any atom is 0.377 e. The summed E-state index contributed by atoms with van der Waals surface area (Å²) in [6.45, 7) is 3.70. The van der Waals surface area contributed by atoms with Crippen LogP contribution in [0.4, 0.5) is 5.69 Å². The zero-order chi connectivity index (χ0) is 16.3. The summed E-state index contributed by atoms with van der Waals surface area (Å²) < 4.78 is 16.2. The molecule has 1 aliphatic rings. The van der Waals surface area contributed by atoms with Gasteiger partial charge in [0.2, 0.25) is 0 Å². The first-order valence-corrected chi connectivity index (χ1v) is 6.92. The van der Waals surface area contributed by atoms with Crippen LogP contribution in [0.1, 0.15) is 32.3 Å². The van der Waals surface area contributed by atoms with Gasteiger partial charge in [0.1, 0.15) is 0 Å². The Morgan fingerprint density at radius 3 is 2.45 bits per heavy atom. The van der Waals surface area contributed by atoms with Crippen molar-refractivity contribution in [2.75, 3.05) is 7.11 Å². The summed E-state index contributed by atoms with van der Waals surface area (Å²) in [4.78, 5) is 22.6. The highest BCUT2D eigenvalue weighted by atomic mass is 16.7. The predicted molar refractivity (Wildman–Crippen MR) is 77.5 cm³/mol. The van der Waals surface area contributed by atoms with E-state index in [1.54, 1.807) is 12.1 Å². The third kappa shape index (κ3) is 2.61. The highest BCUT2D eigenvalue weighted by molar-refractivity contribution is 5.95. The second-order valence-electron chi connectivity index (χ2n) is 4.75. The minimum Gasteiger partial charge on any atom is -0.463 e. The SMILES string of the molecule is CCC1(CC)OC(C(=O)OC)=C(c2ccccc2[N+](=O)[O-])O1. The van der Waals surface area contributed by atoms with Gasteiger partial charge in [-0.1, -0.05) is 26.0 Å². The molecule has 118 valence electrons. The predicted octanol–water partition coefficient (Wildman–Crippen LogP) is 3.00. The Bertz CT molecular complexity index is 633. The molecule has 0 unspecified atom stereocenters. The van der Waals surface area contributed by atoms with Crippen molar-refractivity contribution in [1.29, 1.82) is 0 Å². The smallest absolute Gasteiger partial charge is 0.377 e. The van der Waals surface area contributed by atoms with Gasteiger partial charge in [0.25, 0.3) is 17.2 Å². The van der Waals surface area contributed by atoms with Gasteiger partial charge in [-0.05, 0) is 6.07 Å². The molecule has 0 saturated heterocycles. The Balaban J connectivity index is 2.58. The lowest BCUT2D eigenvalue weighted by Gasteiger charge is -2.25. The first-order valence-electron chi connectivity index (χ1n) is 6.92. The number of ether oxygens (including phenoxy) is 3. The van der Waals surface area contributed by atoms with E-state index in [4.69, 9.17) is 14.2 Å². The monoisotopic (exact) mass is 307 g/mol. The molecule has 0 aliphatic carbocycles. The fraction of sp³-hybridized carbons (Fsp3) is 0.400. The van der Waals surface area contributed by atoms with E-state index in [-0.39, 0.29) is 22.8 Å². The number of methoxy groups -OCH3 is 1. The van der Waals surface area contributed by atoms with Crippen LogP contribution in [0, 0.1) is 10.1 Å². The maximum absolute atomic E-state index is 11.9. The van der Waals surface area contributed by atoms with Gasteiger partial charge < -0.3 is 14.2 Å². The molecule has 0 amide bonds. The van der Waals surface area contributed by atoms with Crippen LogP contribution in [0.3, 0.4) is 0 Å².